The Bertz CT molecular complexity index is 315. The van der Waals surface area contributed by atoms with Crippen LogP contribution < -0.4 is 5.32 Å². The maximum Gasteiger partial charge on any atom is 0.0534 e. The van der Waals surface area contributed by atoms with Crippen molar-refractivity contribution in [3.05, 3.63) is 18.0 Å². The molecule has 1 aliphatic carbocycles. The Labute approximate surface area is 98.2 Å². The van der Waals surface area contributed by atoms with Crippen molar-refractivity contribution >= 4 is 0 Å². The molecule has 1 N–H and O–H groups in total. The highest BCUT2D eigenvalue weighted by Crippen LogP contribution is 2.33. The third-order valence-corrected chi connectivity index (χ3v) is 3.18. The molecule has 3 heteroatoms. The second-order valence-corrected chi connectivity index (χ2v) is 5.07. The minimum Gasteiger partial charge on any atom is -0.310 e. The fourth-order valence-electron chi connectivity index (χ4n) is 2.08. The van der Waals surface area contributed by atoms with Gasteiger partial charge in [0.15, 0.2) is 0 Å². The lowest BCUT2D eigenvalue weighted by atomic mass is 10.1. The maximum absolute atomic E-state index is 4.33. The monoisotopic (exact) mass is 221 g/mol. The first kappa shape index (κ1) is 11.6. The average Bonchev–Trinajstić information content (AvgIpc) is 2.95. The van der Waals surface area contributed by atoms with Gasteiger partial charge in [-0.2, -0.15) is 5.10 Å². The van der Waals surface area contributed by atoms with E-state index in [0.717, 1.165) is 25.4 Å². The van der Waals surface area contributed by atoms with Crippen molar-refractivity contribution in [2.24, 2.45) is 5.92 Å². The molecule has 90 valence electrons. The van der Waals surface area contributed by atoms with Crippen LogP contribution in [0.1, 0.15) is 45.1 Å². The average molecular weight is 221 g/mol. The maximum atomic E-state index is 4.33. The van der Waals surface area contributed by atoms with Crippen molar-refractivity contribution in [3.8, 4) is 0 Å². The van der Waals surface area contributed by atoms with Gasteiger partial charge in [0.05, 0.1) is 6.20 Å². The molecule has 0 aromatic carbocycles. The number of hydrogen-bond acceptors (Lipinski definition) is 2. The Hall–Kier alpha value is -0.830. The second kappa shape index (κ2) is 5.48. The molecule has 3 nitrogen and oxygen atoms in total. The minimum atomic E-state index is 0.641. The third kappa shape index (κ3) is 3.63. The van der Waals surface area contributed by atoms with Gasteiger partial charge in [0, 0.05) is 30.9 Å². The van der Waals surface area contributed by atoms with Crippen LogP contribution in [0.15, 0.2) is 12.4 Å². The van der Waals surface area contributed by atoms with Crippen LogP contribution in [-0.2, 0) is 13.1 Å². The zero-order chi connectivity index (χ0) is 11.4. The van der Waals surface area contributed by atoms with Crippen LogP contribution in [0.2, 0.25) is 0 Å². The summed E-state index contributed by atoms with van der Waals surface area (Å²) in [5.41, 5.74) is 1.30. The van der Waals surface area contributed by atoms with Crippen LogP contribution >= 0.6 is 0 Å². The molecule has 0 amide bonds. The number of rotatable bonds is 7. The van der Waals surface area contributed by atoms with Crippen molar-refractivity contribution < 1.29 is 0 Å². The summed E-state index contributed by atoms with van der Waals surface area (Å²) in [7, 11) is 0. The van der Waals surface area contributed by atoms with E-state index in [2.05, 4.69) is 30.5 Å². The van der Waals surface area contributed by atoms with Gasteiger partial charge >= 0.3 is 0 Å². The Morgan fingerprint density at radius 2 is 2.38 bits per heavy atom. The first-order chi connectivity index (χ1) is 7.78. The zero-order valence-electron chi connectivity index (χ0n) is 10.4. The standard InChI is InChI=1S/C13H23N3/c1-3-6-16-10-13(9-15-16)8-14-11(2)7-12-4-5-12/h9-12,14H,3-8H2,1-2H3. The number of aryl methyl sites for hydroxylation is 1. The lowest BCUT2D eigenvalue weighted by Crippen LogP contribution is -2.25. The predicted molar refractivity (Wildman–Crippen MR) is 66.2 cm³/mol. The number of hydrogen-bond donors (Lipinski definition) is 1. The van der Waals surface area contributed by atoms with Gasteiger partial charge in [0.25, 0.3) is 0 Å². The van der Waals surface area contributed by atoms with Gasteiger partial charge in [-0.25, -0.2) is 0 Å². The van der Waals surface area contributed by atoms with Crippen LogP contribution in [0.3, 0.4) is 0 Å². The van der Waals surface area contributed by atoms with Crippen LogP contribution in [0.4, 0.5) is 0 Å². The molecule has 1 atom stereocenters. The summed E-state index contributed by atoms with van der Waals surface area (Å²) >= 11 is 0. The highest BCUT2D eigenvalue weighted by molar-refractivity contribution is 5.03. The van der Waals surface area contributed by atoms with Crippen LogP contribution in [0, 0.1) is 5.92 Å². The SMILES string of the molecule is CCCn1cc(CNC(C)CC2CC2)cn1. The number of nitrogens with zero attached hydrogens (tertiary/aromatic N) is 2. The minimum absolute atomic E-state index is 0.641. The molecular weight excluding hydrogens is 198 g/mol. The molecule has 0 saturated heterocycles. The Morgan fingerprint density at radius 3 is 3.06 bits per heavy atom. The predicted octanol–water partition coefficient (Wildman–Crippen LogP) is 2.57. The summed E-state index contributed by atoms with van der Waals surface area (Å²) in [6.07, 6.45) is 9.50. The Balaban J connectivity index is 1.70. The molecule has 1 heterocycles. The van der Waals surface area contributed by atoms with Crippen LogP contribution in [0.25, 0.3) is 0 Å². The molecule has 2 rings (SSSR count). The van der Waals surface area contributed by atoms with Crippen LogP contribution in [-0.4, -0.2) is 15.8 Å². The lowest BCUT2D eigenvalue weighted by Gasteiger charge is -2.11. The molecule has 1 aromatic rings. The van der Waals surface area contributed by atoms with E-state index in [1.165, 1.54) is 24.8 Å². The van der Waals surface area contributed by atoms with E-state index in [4.69, 9.17) is 0 Å². The van der Waals surface area contributed by atoms with Gasteiger partial charge in [-0.1, -0.05) is 19.8 Å². The van der Waals surface area contributed by atoms with Gasteiger partial charge in [0.1, 0.15) is 0 Å². The van der Waals surface area contributed by atoms with Crippen molar-refractivity contribution in [2.75, 3.05) is 0 Å². The van der Waals surface area contributed by atoms with Crippen molar-refractivity contribution in [3.63, 3.8) is 0 Å². The molecule has 16 heavy (non-hydrogen) atoms. The highest BCUT2D eigenvalue weighted by atomic mass is 15.3. The van der Waals surface area contributed by atoms with Crippen molar-refractivity contribution in [1.82, 2.24) is 15.1 Å². The molecule has 1 saturated carbocycles. The summed E-state index contributed by atoms with van der Waals surface area (Å²) in [4.78, 5) is 0. The number of nitrogens with one attached hydrogen (secondary N) is 1. The molecule has 0 radical (unpaired) electrons. The number of aromatic nitrogens is 2. The fraction of sp³-hybridized carbons (Fsp3) is 0.769. The highest BCUT2D eigenvalue weighted by Gasteiger charge is 2.23. The van der Waals surface area contributed by atoms with E-state index in [1.54, 1.807) is 0 Å². The topological polar surface area (TPSA) is 29.9 Å². The summed E-state index contributed by atoms with van der Waals surface area (Å²) in [5, 5.41) is 7.91. The molecule has 0 bridgehead atoms. The molecular formula is C13H23N3. The lowest BCUT2D eigenvalue weighted by molar-refractivity contribution is 0.487. The zero-order valence-corrected chi connectivity index (χ0v) is 10.4. The Morgan fingerprint density at radius 1 is 1.56 bits per heavy atom. The molecule has 0 aliphatic heterocycles. The molecule has 0 spiro atoms. The van der Waals surface area contributed by atoms with Crippen molar-refractivity contribution in [2.45, 2.75) is 58.7 Å². The quantitative estimate of drug-likeness (QED) is 0.767. The summed E-state index contributed by atoms with van der Waals surface area (Å²) in [5.74, 6) is 1.00. The van der Waals surface area contributed by atoms with Gasteiger partial charge in [-0.05, 0) is 25.7 Å². The summed E-state index contributed by atoms with van der Waals surface area (Å²) in [6.45, 7) is 6.45. The molecule has 1 fully saturated rings. The van der Waals surface area contributed by atoms with Gasteiger partial charge in [0.2, 0.25) is 0 Å². The molecule has 1 aliphatic rings. The van der Waals surface area contributed by atoms with Gasteiger partial charge in [-0.15, -0.1) is 0 Å². The Kier molecular flexibility index (Phi) is 3.99. The van der Waals surface area contributed by atoms with Gasteiger partial charge in [-0.3, -0.25) is 4.68 Å². The smallest absolute Gasteiger partial charge is 0.0534 e. The summed E-state index contributed by atoms with van der Waals surface area (Å²) in [6, 6.07) is 0.641. The molecule has 1 unspecified atom stereocenters. The van der Waals surface area contributed by atoms with Crippen LogP contribution in [0.5, 0.6) is 0 Å². The molecule has 1 aromatic heterocycles. The van der Waals surface area contributed by atoms with E-state index in [0.29, 0.717) is 6.04 Å². The van der Waals surface area contributed by atoms with Gasteiger partial charge < -0.3 is 5.32 Å². The van der Waals surface area contributed by atoms with E-state index < -0.39 is 0 Å². The third-order valence-electron chi connectivity index (χ3n) is 3.18. The first-order valence-corrected chi connectivity index (χ1v) is 6.52. The fourth-order valence-corrected chi connectivity index (χ4v) is 2.08. The van der Waals surface area contributed by atoms with E-state index in [-0.39, 0.29) is 0 Å². The van der Waals surface area contributed by atoms with E-state index in [1.807, 2.05) is 10.9 Å². The van der Waals surface area contributed by atoms with E-state index in [9.17, 15) is 0 Å². The second-order valence-electron chi connectivity index (χ2n) is 5.07. The van der Waals surface area contributed by atoms with Crippen molar-refractivity contribution in [1.29, 1.82) is 0 Å². The first-order valence-electron chi connectivity index (χ1n) is 6.52. The van der Waals surface area contributed by atoms with E-state index >= 15 is 0 Å². The normalized spacial score (nSPS) is 17.6. The summed E-state index contributed by atoms with van der Waals surface area (Å²) < 4.78 is 2.03. The largest absolute Gasteiger partial charge is 0.310 e.